The maximum absolute atomic E-state index is 15.4. The van der Waals surface area contributed by atoms with Gasteiger partial charge in [-0.1, -0.05) is 34.1 Å². The van der Waals surface area contributed by atoms with Gasteiger partial charge in [-0.05, 0) is 48.9 Å². The Labute approximate surface area is 197 Å². The maximum atomic E-state index is 15.4. The summed E-state index contributed by atoms with van der Waals surface area (Å²) in [5, 5.41) is 12.6. The monoisotopic (exact) mass is 531 g/mol. The molecule has 4 rings (SSSR count). The lowest BCUT2D eigenvalue weighted by atomic mass is 10.1. The van der Waals surface area contributed by atoms with Crippen LogP contribution in [0.1, 0.15) is 15.9 Å². The van der Waals surface area contributed by atoms with Gasteiger partial charge >= 0.3 is 5.97 Å². The van der Waals surface area contributed by atoms with E-state index in [4.69, 9.17) is 0 Å². The fraction of sp³-hybridized carbons (Fsp3) is 0.130. The van der Waals surface area contributed by atoms with Crippen molar-refractivity contribution >= 4 is 54.1 Å². The molecule has 1 heterocycles. The van der Waals surface area contributed by atoms with Crippen LogP contribution in [0.2, 0.25) is 0 Å². The summed E-state index contributed by atoms with van der Waals surface area (Å²) in [4.78, 5) is 16.2. The number of carboxylic acid groups (broad SMARTS) is 1. The third kappa shape index (κ3) is 4.62. The minimum atomic E-state index is -3.57. The summed E-state index contributed by atoms with van der Waals surface area (Å²) in [6.07, 6.45) is 1.31. The Morgan fingerprint density at radius 1 is 1.18 bits per heavy atom. The van der Waals surface area contributed by atoms with Crippen LogP contribution in [-0.4, -0.2) is 34.8 Å². The average Bonchev–Trinajstić information content (AvgIpc) is 3.19. The van der Waals surface area contributed by atoms with E-state index in [1.807, 2.05) is 13.0 Å². The molecule has 0 aliphatic heterocycles. The zero-order valence-electron chi connectivity index (χ0n) is 17.4. The van der Waals surface area contributed by atoms with Gasteiger partial charge in [-0.3, -0.25) is 0 Å². The fourth-order valence-electron chi connectivity index (χ4n) is 3.49. The number of imidazole rings is 1. The highest BCUT2D eigenvalue weighted by molar-refractivity contribution is 9.10. The first-order valence-corrected chi connectivity index (χ1v) is 12.3. The normalized spacial score (nSPS) is 11.6. The van der Waals surface area contributed by atoms with Gasteiger partial charge in [0.1, 0.15) is 5.52 Å². The molecule has 0 atom stereocenters. The van der Waals surface area contributed by atoms with Crippen molar-refractivity contribution < 1.29 is 22.7 Å². The number of aromatic nitrogens is 2. The minimum absolute atomic E-state index is 0.00910. The molecule has 0 radical (unpaired) electrons. The van der Waals surface area contributed by atoms with Crippen LogP contribution >= 0.6 is 15.9 Å². The topological polar surface area (TPSA) is 101 Å². The molecule has 0 fully saturated rings. The highest BCUT2D eigenvalue weighted by atomic mass is 79.9. The number of anilines is 2. The van der Waals surface area contributed by atoms with E-state index in [9.17, 15) is 18.3 Å². The zero-order chi connectivity index (χ0) is 23.8. The number of nitrogens with zero attached hydrogens (tertiary/aromatic N) is 2. The molecule has 170 valence electrons. The largest absolute Gasteiger partial charge is 0.478 e. The molecular formula is C23H19BrFN3O4S. The fourth-order valence-corrected chi connectivity index (χ4v) is 5.21. The van der Waals surface area contributed by atoms with Crippen LogP contribution in [0.5, 0.6) is 0 Å². The smallest absolute Gasteiger partial charge is 0.338 e. The van der Waals surface area contributed by atoms with Crippen LogP contribution in [0, 0.1) is 12.7 Å². The SMILES string of the molecule is Cc1cc(Br)ccc1Nc1c(C(=O)O)cc2c(ncn2CCS(=O)(=O)c2ccccc2)c1F. The number of aromatic carboxylic acids is 1. The average molecular weight is 532 g/mol. The first kappa shape index (κ1) is 22.9. The first-order valence-electron chi connectivity index (χ1n) is 9.89. The number of fused-ring (bicyclic) bond motifs is 1. The van der Waals surface area contributed by atoms with Crippen molar-refractivity contribution in [3.63, 3.8) is 0 Å². The number of aryl methyl sites for hydroxylation is 2. The van der Waals surface area contributed by atoms with E-state index in [0.29, 0.717) is 5.69 Å². The van der Waals surface area contributed by atoms with E-state index in [1.165, 1.54) is 29.1 Å². The van der Waals surface area contributed by atoms with Gasteiger partial charge in [0.05, 0.1) is 33.7 Å². The van der Waals surface area contributed by atoms with Crippen LogP contribution in [0.3, 0.4) is 0 Å². The maximum Gasteiger partial charge on any atom is 0.338 e. The van der Waals surface area contributed by atoms with Crippen molar-refractivity contribution in [1.82, 2.24) is 9.55 Å². The molecule has 2 N–H and O–H groups in total. The number of rotatable bonds is 7. The van der Waals surface area contributed by atoms with E-state index in [0.717, 1.165) is 10.0 Å². The molecule has 0 bridgehead atoms. The molecule has 7 nitrogen and oxygen atoms in total. The minimum Gasteiger partial charge on any atom is -0.478 e. The third-order valence-corrected chi connectivity index (χ3v) is 7.44. The standard InChI is InChI=1S/C23H19BrFN3O4S/c1-14-11-15(24)7-8-18(14)27-21-17(23(29)30)12-19-22(20(21)25)26-13-28(19)9-10-33(31,32)16-5-3-2-4-6-16/h2-8,11-13,27H,9-10H2,1H3,(H,29,30). The molecule has 10 heteroatoms. The number of nitrogens with one attached hydrogen (secondary N) is 1. The number of carboxylic acids is 1. The van der Waals surface area contributed by atoms with Gasteiger partial charge in [0.25, 0.3) is 0 Å². The molecule has 0 aliphatic carbocycles. The molecule has 0 amide bonds. The van der Waals surface area contributed by atoms with Crippen molar-refractivity contribution in [2.24, 2.45) is 0 Å². The van der Waals surface area contributed by atoms with Crippen LogP contribution in [0.15, 0.2) is 70.3 Å². The molecule has 1 aromatic heterocycles. The Kier molecular flexibility index (Phi) is 6.22. The summed E-state index contributed by atoms with van der Waals surface area (Å²) in [6.45, 7) is 1.80. The molecule has 0 spiro atoms. The number of benzene rings is 3. The second kappa shape index (κ2) is 8.95. The van der Waals surface area contributed by atoms with Crippen molar-refractivity contribution in [2.75, 3.05) is 11.1 Å². The molecule has 0 saturated heterocycles. The lowest BCUT2D eigenvalue weighted by Gasteiger charge is -2.14. The van der Waals surface area contributed by atoms with E-state index >= 15 is 4.39 Å². The molecule has 33 heavy (non-hydrogen) atoms. The van der Waals surface area contributed by atoms with Crippen LogP contribution in [-0.2, 0) is 16.4 Å². The van der Waals surface area contributed by atoms with Gasteiger partial charge in [-0.25, -0.2) is 22.6 Å². The molecular weight excluding hydrogens is 513 g/mol. The van der Waals surface area contributed by atoms with E-state index in [2.05, 4.69) is 26.2 Å². The summed E-state index contributed by atoms with van der Waals surface area (Å²) in [5.41, 5.74) is 1.00. The second-order valence-corrected chi connectivity index (χ2v) is 10.5. The summed E-state index contributed by atoms with van der Waals surface area (Å²) in [5.74, 6) is -2.39. The van der Waals surface area contributed by atoms with Crippen LogP contribution in [0.4, 0.5) is 15.8 Å². The highest BCUT2D eigenvalue weighted by Gasteiger charge is 2.23. The van der Waals surface area contributed by atoms with Gasteiger partial charge in [-0.15, -0.1) is 0 Å². The van der Waals surface area contributed by atoms with Crippen molar-refractivity contribution in [1.29, 1.82) is 0 Å². The number of halogens is 2. The van der Waals surface area contributed by atoms with Gasteiger partial charge < -0.3 is 15.0 Å². The van der Waals surface area contributed by atoms with E-state index in [-0.39, 0.29) is 39.5 Å². The van der Waals surface area contributed by atoms with Gasteiger partial charge in [0.2, 0.25) is 0 Å². The third-order valence-electron chi connectivity index (χ3n) is 5.24. The van der Waals surface area contributed by atoms with Crippen LogP contribution < -0.4 is 5.32 Å². The van der Waals surface area contributed by atoms with Gasteiger partial charge in [0, 0.05) is 16.7 Å². The van der Waals surface area contributed by atoms with Crippen molar-refractivity contribution in [3.05, 3.63) is 82.3 Å². The number of sulfone groups is 1. The first-order chi connectivity index (χ1) is 15.7. The Morgan fingerprint density at radius 2 is 1.91 bits per heavy atom. The van der Waals surface area contributed by atoms with E-state index in [1.54, 1.807) is 30.3 Å². The quantitative estimate of drug-likeness (QED) is 0.341. The Bertz CT molecular complexity index is 1470. The lowest BCUT2D eigenvalue weighted by molar-refractivity contribution is 0.0697. The number of carbonyl (C=O) groups is 1. The lowest BCUT2D eigenvalue weighted by Crippen LogP contribution is -2.13. The molecule has 4 aromatic rings. The molecule has 3 aromatic carbocycles. The Hall–Kier alpha value is -3.24. The summed E-state index contributed by atoms with van der Waals surface area (Å²) < 4.78 is 42.9. The van der Waals surface area contributed by atoms with Crippen LogP contribution in [0.25, 0.3) is 11.0 Å². The summed E-state index contributed by atoms with van der Waals surface area (Å²) in [6, 6.07) is 14.6. The summed E-state index contributed by atoms with van der Waals surface area (Å²) >= 11 is 3.36. The molecule has 0 unspecified atom stereocenters. The zero-order valence-corrected chi connectivity index (χ0v) is 19.8. The summed E-state index contributed by atoms with van der Waals surface area (Å²) in [7, 11) is -3.57. The van der Waals surface area contributed by atoms with Gasteiger partial charge in [-0.2, -0.15) is 0 Å². The van der Waals surface area contributed by atoms with E-state index < -0.39 is 21.6 Å². The Balaban J connectivity index is 1.71. The number of hydrogen-bond donors (Lipinski definition) is 2. The number of hydrogen-bond acceptors (Lipinski definition) is 5. The molecule has 0 aliphatic rings. The Morgan fingerprint density at radius 3 is 2.58 bits per heavy atom. The van der Waals surface area contributed by atoms with Crippen molar-refractivity contribution in [2.45, 2.75) is 18.4 Å². The predicted molar refractivity (Wildman–Crippen MR) is 127 cm³/mol. The highest BCUT2D eigenvalue weighted by Crippen LogP contribution is 2.32. The molecule has 0 saturated carbocycles. The predicted octanol–water partition coefficient (Wildman–Crippen LogP) is 5.16. The van der Waals surface area contributed by atoms with Gasteiger partial charge in [0.15, 0.2) is 15.7 Å². The van der Waals surface area contributed by atoms with Crippen molar-refractivity contribution in [3.8, 4) is 0 Å². The second-order valence-electron chi connectivity index (χ2n) is 7.44.